The van der Waals surface area contributed by atoms with Gasteiger partial charge in [-0.05, 0) is 43.3 Å². The van der Waals surface area contributed by atoms with Gasteiger partial charge in [0.1, 0.15) is 0 Å². The van der Waals surface area contributed by atoms with Gasteiger partial charge in [0.15, 0.2) is 0 Å². The van der Waals surface area contributed by atoms with Gasteiger partial charge in [0.05, 0.1) is 7.11 Å². The van der Waals surface area contributed by atoms with Crippen LogP contribution in [0.3, 0.4) is 0 Å². The molecule has 0 aliphatic carbocycles. The highest BCUT2D eigenvalue weighted by Crippen LogP contribution is 2.17. The number of anilines is 2. The van der Waals surface area contributed by atoms with Crippen LogP contribution in [-0.2, 0) is 14.4 Å². The summed E-state index contributed by atoms with van der Waals surface area (Å²) in [5, 5.41) is 3.70. The first-order valence-electron chi connectivity index (χ1n) is 9.73. The third kappa shape index (κ3) is 4.96. The zero-order valence-corrected chi connectivity index (χ0v) is 17.4. The van der Waals surface area contributed by atoms with E-state index >= 15 is 0 Å². The molecule has 3 amide bonds. The summed E-state index contributed by atoms with van der Waals surface area (Å²) in [6.07, 6.45) is 0. The first-order valence-corrected chi connectivity index (χ1v) is 9.73. The van der Waals surface area contributed by atoms with E-state index in [0.717, 1.165) is 10.8 Å². The SMILES string of the molecule is CON(C)C(=O)c1ccc(NC(=O)C(=O)N2CCN(c3ccc(C)cc3)CC2)cc1. The van der Waals surface area contributed by atoms with E-state index in [4.69, 9.17) is 4.84 Å². The zero-order valence-electron chi connectivity index (χ0n) is 17.4. The summed E-state index contributed by atoms with van der Waals surface area (Å²) in [7, 11) is 2.91. The quantitative estimate of drug-likeness (QED) is 0.615. The summed E-state index contributed by atoms with van der Waals surface area (Å²) >= 11 is 0. The summed E-state index contributed by atoms with van der Waals surface area (Å²) < 4.78 is 0. The van der Waals surface area contributed by atoms with Crippen LogP contribution in [0.25, 0.3) is 0 Å². The summed E-state index contributed by atoms with van der Waals surface area (Å²) in [4.78, 5) is 45.5. The molecule has 8 nitrogen and oxygen atoms in total. The molecule has 0 saturated carbocycles. The molecule has 3 rings (SSSR count). The van der Waals surface area contributed by atoms with E-state index in [1.165, 1.54) is 19.7 Å². The second-order valence-electron chi connectivity index (χ2n) is 7.13. The number of carbonyl (C=O) groups excluding carboxylic acids is 3. The predicted molar refractivity (Wildman–Crippen MR) is 114 cm³/mol. The highest BCUT2D eigenvalue weighted by Gasteiger charge is 2.26. The van der Waals surface area contributed by atoms with Crippen molar-refractivity contribution >= 4 is 29.1 Å². The minimum atomic E-state index is -0.688. The standard InChI is InChI=1S/C22H26N4O4/c1-16-4-10-19(11-5-16)25-12-14-26(15-13-25)22(29)20(27)23-18-8-6-17(7-9-18)21(28)24(2)30-3/h4-11H,12-15H2,1-3H3,(H,23,27). The maximum Gasteiger partial charge on any atom is 0.313 e. The van der Waals surface area contributed by atoms with Crippen LogP contribution in [0.15, 0.2) is 48.5 Å². The molecule has 2 aromatic carbocycles. The lowest BCUT2D eigenvalue weighted by Crippen LogP contribution is -2.51. The molecule has 1 fully saturated rings. The van der Waals surface area contributed by atoms with Crippen molar-refractivity contribution in [1.82, 2.24) is 9.96 Å². The van der Waals surface area contributed by atoms with Crippen LogP contribution in [0.4, 0.5) is 11.4 Å². The maximum absolute atomic E-state index is 12.5. The molecule has 0 atom stereocenters. The molecule has 0 aromatic heterocycles. The fourth-order valence-corrected chi connectivity index (χ4v) is 3.21. The van der Waals surface area contributed by atoms with Gasteiger partial charge >= 0.3 is 11.8 Å². The molecule has 30 heavy (non-hydrogen) atoms. The molecule has 8 heteroatoms. The third-order valence-electron chi connectivity index (χ3n) is 5.11. The van der Waals surface area contributed by atoms with Gasteiger partial charge in [-0.3, -0.25) is 19.2 Å². The van der Waals surface area contributed by atoms with Crippen LogP contribution in [0.5, 0.6) is 0 Å². The van der Waals surface area contributed by atoms with Crippen LogP contribution in [0, 0.1) is 6.92 Å². The molecular weight excluding hydrogens is 384 g/mol. The molecule has 0 spiro atoms. The second kappa shape index (κ2) is 9.41. The van der Waals surface area contributed by atoms with Crippen LogP contribution >= 0.6 is 0 Å². The van der Waals surface area contributed by atoms with Gasteiger partial charge in [0.25, 0.3) is 5.91 Å². The van der Waals surface area contributed by atoms with E-state index in [0.29, 0.717) is 37.4 Å². The van der Waals surface area contributed by atoms with E-state index in [-0.39, 0.29) is 5.91 Å². The van der Waals surface area contributed by atoms with E-state index < -0.39 is 11.8 Å². The van der Waals surface area contributed by atoms with E-state index in [1.54, 1.807) is 29.2 Å². The highest BCUT2D eigenvalue weighted by molar-refractivity contribution is 6.39. The lowest BCUT2D eigenvalue weighted by atomic mass is 10.2. The van der Waals surface area contributed by atoms with Crippen molar-refractivity contribution in [2.24, 2.45) is 0 Å². The number of hydroxylamine groups is 2. The molecule has 1 heterocycles. The molecule has 1 aliphatic heterocycles. The summed E-state index contributed by atoms with van der Waals surface area (Å²) in [6, 6.07) is 14.6. The molecule has 1 N–H and O–H groups in total. The largest absolute Gasteiger partial charge is 0.368 e. The summed E-state index contributed by atoms with van der Waals surface area (Å²) in [6.45, 7) is 4.36. The van der Waals surface area contributed by atoms with Crippen molar-refractivity contribution in [3.05, 3.63) is 59.7 Å². The number of amides is 3. The molecule has 0 bridgehead atoms. The average Bonchev–Trinajstić information content (AvgIpc) is 2.78. The Morgan fingerprint density at radius 3 is 2.10 bits per heavy atom. The number of aryl methyl sites for hydroxylation is 1. The molecule has 2 aromatic rings. The molecule has 0 unspecified atom stereocenters. The molecule has 1 saturated heterocycles. The molecule has 158 valence electrons. The van der Waals surface area contributed by atoms with Crippen molar-refractivity contribution < 1.29 is 19.2 Å². The van der Waals surface area contributed by atoms with Gasteiger partial charge in [-0.1, -0.05) is 17.7 Å². The lowest BCUT2D eigenvalue weighted by molar-refractivity contribution is -0.143. The predicted octanol–water partition coefficient (Wildman–Crippen LogP) is 1.92. The second-order valence-corrected chi connectivity index (χ2v) is 7.13. The Kier molecular flexibility index (Phi) is 6.68. The van der Waals surface area contributed by atoms with Gasteiger partial charge < -0.3 is 15.1 Å². The van der Waals surface area contributed by atoms with Crippen LogP contribution in [0.1, 0.15) is 15.9 Å². The van der Waals surface area contributed by atoms with Crippen molar-refractivity contribution in [1.29, 1.82) is 0 Å². The number of benzene rings is 2. The Balaban J connectivity index is 1.53. The van der Waals surface area contributed by atoms with E-state index in [9.17, 15) is 14.4 Å². The molecule has 0 radical (unpaired) electrons. The maximum atomic E-state index is 12.5. The number of piperazine rings is 1. The third-order valence-corrected chi connectivity index (χ3v) is 5.11. The Morgan fingerprint density at radius 1 is 0.933 bits per heavy atom. The van der Waals surface area contributed by atoms with Gasteiger partial charge in [0.2, 0.25) is 0 Å². The topological polar surface area (TPSA) is 82.2 Å². The number of carbonyl (C=O) groups is 3. The van der Waals surface area contributed by atoms with Crippen molar-refractivity contribution in [2.75, 3.05) is 50.6 Å². The smallest absolute Gasteiger partial charge is 0.313 e. The van der Waals surface area contributed by atoms with Crippen molar-refractivity contribution in [3.8, 4) is 0 Å². The molecular formula is C22H26N4O4. The molecule has 1 aliphatic rings. The Hall–Kier alpha value is -3.39. The van der Waals surface area contributed by atoms with Gasteiger partial charge in [0, 0.05) is 50.2 Å². The minimum Gasteiger partial charge on any atom is -0.368 e. The number of rotatable bonds is 4. The van der Waals surface area contributed by atoms with Gasteiger partial charge in [-0.15, -0.1) is 0 Å². The Morgan fingerprint density at radius 2 is 1.53 bits per heavy atom. The number of hydrogen-bond acceptors (Lipinski definition) is 5. The van der Waals surface area contributed by atoms with Crippen molar-refractivity contribution in [3.63, 3.8) is 0 Å². The fourth-order valence-electron chi connectivity index (χ4n) is 3.21. The summed E-state index contributed by atoms with van der Waals surface area (Å²) in [5.41, 5.74) is 3.18. The van der Waals surface area contributed by atoms with Crippen LogP contribution < -0.4 is 10.2 Å². The number of nitrogens with zero attached hydrogens (tertiary/aromatic N) is 3. The Labute approximate surface area is 176 Å². The van der Waals surface area contributed by atoms with E-state index in [1.807, 2.05) is 6.92 Å². The summed E-state index contributed by atoms with van der Waals surface area (Å²) in [5.74, 6) is -1.55. The van der Waals surface area contributed by atoms with Crippen LogP contribution in [-0.4, -0.2) is 68.0 Å². The van der Waals surface area contributed by atoms with Crippen molar-refractivity contribution in [2.45, 2.75) is 6.92 Å². The minimum absolute atomic E-state index is 0.307. The normalized spacial score (nSPS) is 13.7. The first kappa shape index (κ1) is 21.3. The average molecular weight is 410 g/mol. The highest BCUT2D eigenvalue weighted by atomic mass is 16.7. The van der Waals surface area contributed by atoms with Crippen LogP contribution in [0.2, 0.25) is 0 Å². The number of nitrogens with one attached hydrogen (secondary N) is 1. The fraction of sp³-hybridized carbons (Fsp3) is 0.318. The van der Waals surface area contributed by atoms with Gasteiger partial charge in [-0.25, -0.2) is 5.06 Å². The van der Waals surface area contributed by atoms with Gasteiger partial charge in [-0.2, -0.15) is 0 Å². The van der Waals surface area contributed by atoms with E-state index in [2.05, 4.69) is 34.5 Å². The lowest BCUT2D eigenvalue weighted by Gasteiger charge is -2.35. The first-order chi connectivity index (χ1) is 14.4. The Bertz CT molecular complexity index is 904. The monoisotopic (exact) mass is 410 g/mol. The number of hydrogen-bond donors (Lipinski definition) is 1. The zero-order chi connectivity index (χ0) is 21.7.